The Morgan fingerprint density at radius 1 is 1.52 bits per heavy atom. The van der Waals surface area contributed by atoms with Gasteiger partial charge < -0.3 is 15.6 Å². The Morgan fingerprint density at radius 2 is 2.24 bits per heavy atom. The normalized spacial score (nSPS) is 16.9. The first-order valence-corrected chi connectivity index (χ1v) is 8.82. The van der Waals surface area contributed by atoms with Crippen molar-refractivity contribution >= 4 is 32.2 Å². The Labute approximate surface area is 126 Å². The van der Waals surface area contributed by atoms with Crippen LogP contribution in [0.1, 0.15) is 31.6 Å². The van der Waals surface area contributed by atoms with Gasteiger partial charge in [0, 0.05) is 7.05 Å². The van der Waals surface area contributed by atoms with Crippen molar-refractivity contribution in [1.82, 2.24) is 19.1 Å². The quantitative estimate of drug-likeness (QED) is 0.839. The third kappa shape index (κ3) is 2.48. The van der Waals surface area contributed by atoms with Crippen LogP contribution in [0.25, 0.3) is 0 Å². The van der Waals surface area contributed by atoms with Crippen LogP contribution in [0.4, 0.5) is 10.8 Å². The summed E-state index contributed by atoms with van der Waals surface area (Å²) in [5, 5.41) is 11.1. The molecule has 1 atom stereocenters. The van der Waals surface area contributed by atoms with E-state index in [1.54, 1.807) is 10.9 Å². The molecule has 0 radical (unpaired) electrons. The maximum absolute atomic E-state index is 12.4. The minimum atomic E-state index is -3.39. The number of nitrogen functional groups attached to an aromatic ring is 1. The van der Waals surface area contributed by atoms with Crippen LogP contribution >= 0.6 is 11.5 Å². The zero-order valence-corrected chi connectivity index (χ0v) is 13.3. The minimum absolute atomic E-state index is 0.0690. The molecule has 1 aliphatic carbocycles. The van der Waals surface area contributed by atoms with Crippen LogP contribution in [0, 0.1) is 0 Å². The molecule has 0 saturated heterocycles. The molecular weight excluding hydrogens is 312 g/mol. The Hall–Kier alpha value is -1.68. The lowest BCUT2D eigenvalue weighted by Gasteiger charge is -2.14. The minimum Gasteiger partial charge on any atom is -0.382 e. The number of rotatable bonds is 5. The van der Waals surface area contributed by atoms with Gasteiger partial charge in [-0.05, 0) is 31.3 Å². The Kier molecular flexibility index (Phi) is 3.36. The topological polar surface area (TPSA) is 116 Å². The van der Waals surface area contributed by atoms with Crippen molar-refractivity contribution in [3.63, 3.8) is 0 Å². The second-order valence-corrected chi connectivity index (χ2v) is 8.07. The maximum atomic E-state index is 12.4. The molecule has 2 aromatic heterocycles. The van der Waals surface area contributed by atoms with Gasteiger partial charge in [-0.15, -0.1) is 10.2 Å². The van der Waals surface area contributed by atoms with Gasteiger partial charge in [0.15, 0.2) is 21.5 Å². The maximum Gasteiger partial charge on any atom is 0.187 e. The molecule has 0 bridgehead atoms. The second kappa shape index (κ2) is 4.95. The van der Waals surface area contributed by atoms with Gasteiger partial charge >= 0.3 is 0 Å². The number of aryl methyl sites for hydroxylation is 1. The van der Waals surface area contributed by atoms with Gasteiger partial charge in [0.2, 0.25) is 0 Å². The lowest BCUT2D eigenvalue weighted by Crippen LogP contribution is -2.15. The summed E-state index contributed by atoms with van der Waals surface area (Å²) in [4.78, 5) is 0.129. The van der Waals surface area contributed by atoms with Gasteiger partial charge in [0.25, 0.3) is 0 Å². The van der Waals surface area contributed by atoms with Gasteiger partial charge in [0.1, 0.15) is 16.2 Å². The third-order valence-electron chi connectivity index (χ3n) is 3.40. The lowest BCUT2D eigenvalue weighted by atomic mass is 10.3. The summed E-state index contributed by atoms with van der Waals surface area (Å²) in [7, 11) is -1.56. The molecule has 21 heavy (non-hydrogen) atoms. The number of nitrogens with one attached hydrogen (secondary N) is 1. The molecule has 1 fully saturated rings. The first kappa shape index (κ1) is 14.3. The summed E-state index contributed by atoms with van der Waals surface area (Å²) in [6.07, 6.45) is 2.97. The van der Waals surface area contributed by atoms with Crippen molar-refractivity contribution in [3.05, 3.63) is 12.2 Å². The SMILES string of the molecule is CC(Nc1snc(N)c1S(=O)(=O)C1CC1)c1nncn1C. The van der Waals surface area contributed by atoms with Crippen LogP contribution in [0.15, 0.2) is 11.2 Å². The average Bonchev–Trinajstić information content (AvgIpc) is 3.10. The number of aromatic nitrogens is 4. The van der Waals surface area contributed by atoms with E-state index >= 15 is 0 Å². The highest BCUT2D eigenvalue weighted by Gasteiger charge is 2.41. The van der Waals surface area contributed by atoms with Crippen molar-refractivity contribution in [2.75, 3.05) is 11.1 Å². The molecule has 1 saturated carbocycles. The molecule has 114 valence electrons. The van der Waals surface area contributed by atoms with Crippen molar-refractivity contribution < 1.29 is 8.42 Å². The van der Waals surface area contributed by atoms with Crippen LogP contribution in [0.3, 0.4) is 0 Å². The van der Waals surface area contributed by atoms with E-state index in [0.717, 1.165) is 11.5 Å². The van der Waals surface area contributed by atoms with Crippen molar-refractivity contribution in [2.45, 2.75) is 36.0 Å². The number of anilines is 2. The summed E-state index contributed by atoms with van der Waals surface area (Å²) < 4.78 is 30.7. The highest BCUT2D eigenvalue weighted by molar-refractivity contribution is 7.92. The van der Waals surface area contributed by atoms with Crippen molar-refractivity contribution in [2.24, 2.45) is 7.05 Å². The highest BCUT2D eigenvalue weighted by Crippen LogP contribution is 2.41. The summed E-state index contributed by atoms with van der Waals surface area (Å²) >= 11 is 1.06. The Balaban J connectivity index is 1.92. The summed E-state index contributed by atoms with van der Waals surface area (Å²) in [5.74, 6) is 0.774. The predicted molar refractivity (Wildman–Crippen MR) is 79.8 cm³/mol. The van der Waals surface area contributed by atoms with Gasteiger partial charge in [-0.25, -0.2) is 8.42 Å². The zero-order chi connectivity index (χ0) is 15.2. The van der Waals surface area contributed by atoms with Crippen molar-refractivity contribution in [1.29, 1.82) is 0 Å². The fourth-order valence-corrected chi connectivity index (χ4v) is 5.11. The first-order valence-electron chi connectivity index (χ1n) is 6.50. The van der Waals surface area contributed by atoms with E-state index < -0.39 is 9.84 Å². The Bertz CT molecular complexity index is 762. The van der Waals surface area contributed by atoms with E-state index in [1.807, 2.05) is 14.0 Å². The average molecular weight is 328 g/mol. The number of nitrogens with two attached hydrogens (primary N) is 1. The smallest absolute Gasteiger partial charge is 0.187 e. The van der Waals surface area contributed by atoms with Gasteiger partial charge in [-0.1, -0.05) is 0 Å². The molecule has 0 spiro atoms. The molecule has 1 aliphatic rings. The van der Waals surface area contributed by atoms with Crippen LogP contribution in [0.2, 0.25) is 0 Å². The molecule has 0 aromatic carbocycles. The highest BCUT2D eigenvalue weighted by atomic mass is 32.2. The van der Waals surface area contributed by atoms with E-state index in [1.165, 1.54) is 0 Å². The molecule has 3 N–H and O–H groups in total. The van der Waals surface area contributed by atoms with E-state index in [2.05, 4.69) is 19.9 Å². The van der Waals surface area contributed by atoms with E-state index in [0.29, 0.717) is 23.7 Å². The number of hydrogen-bond acceptors (Lipinski definition) is 8. The summed E-state index contributed by atoms with van der Waals surface area (Å²) in [6.45, 7) is 1.88. The Morgan fingerprint density at radius 3 is 2.81 bits per heavy atom. The summed E-state index contributed by atoms with van der Waals surface area (Å²) in [6, 6.07) is -0.203. The van der Waals surface area contributed by atoms with Crippen LogP contribution < -0.4 is 11.1 Å². The molecular formula is C11H16N6O2S2. The van der Waals surface area contributed by atoms with Gasteiger partial charge in [0.05, 0.1) is 11.3 Å². The van der Waals surface area contributed by atoms with E-state index in [-0.39, 0.29) is 22.0 Å². The van der Waals surface area contributed by atoms with Crippen LogP contribution in [-0.2, 0) is 16.9 Å². The number of hydrogen-bond donors (Lipinski definition) is 2. The predicted octanol–water partition coefficient (Wildman–Crippen LogP) is 0.963. The monoisotopic (exact) mass is 328 g/mol. The second-order valence-electron chi connectivity index (χ2n) is 5.14. The molecule has 1 unspecified atom stereocenters. The standard InChI is InChI=1S/C11H16N6O2S2/c1-6(10-15-13-5-17(10)2)14-11-8(9(12)16-20-11)21(18,19)7-3-4-7/h5-7,14H,3-4H2,1-2H3,(H2,12,16). The molecule has 8 nitrogen and oxygen atoms in total. The molecule has 10 heteroatoms. The molecule has 2 aromatic rings. The van der Waals surface area contributed by atoms with E-state index in [4.69, 9.17) is 5.73 Å². The number of nitrogens with zero attached hydrogens (tertiary/aromatic N) is 4. The van der Waals surface area contributed by atoms with Gasteiger partial charge in [-0.3, -0.25) is 0 Å². The summed E-state index contributed by atoms with van der Waals surface area (Å²) in [5.41, 5.74) is 5.76. The fraction of sp³-hybridized carbons (Fsp3) is 0.545. The largest absolute Gasteiger partial charge is 0.382 e. The van der Waals surface area contributed by atoms with E-state index in [9.17, 15) is 8.42 Å². The number of sulfone groups is 1. The first-order chi connectivity index (χ1) is 9.91. The third-order valence-corrected chi connectivity index (χ3v) is 6.66. The lowest BCUT2D eigenvalue weighted by molar-refractivity contribution is 0.595. The van der Waals surface area contributed by atoms with Crippen molar-refractivity contribution in [3.8, 4) is 0 Å². The molecule has 3 rings (SSSR count). The zero-order valence-electron chi connectivity index (χ0n) is 11.6. The molecule has 2 heterocycles. The van der Waals surface area contributed by atoms with Crippen LogP contribution in [0.5, 0.6) is 0 Å². The van der Waals surface area contributed by atoms with Crippen LogP contribution in [-0.4, -0.2) is 32.8 Å². The molecule has 0 aliphatic heterocycles. The molecule has 0 amide bonds. The van der Waals surface area contributed by atoms with Gasteiger partial charge in [-0.2, -0.15) is 4.37 Å². The fourth-order valence-electron chi connectivity index (χ4n) is 2.15.